The molecule has 0 unspecified atom stereocenters. The van der Waals surface area contributed by atoms with Gasteiger partial charge in [0, 0.05) is 35.2 Å². The molecule has 1 aromatic carbocycles. The second-order valence-corrected chi connectivity index (χ2v) is 7.62. The highest BCUT2D eigenvalue weighted by Crippen LogP contribution is 2.26. The predicted octanol–water partition coefficient (Wildman–Crippen LogP) is 2.54. The highest BCUT2D eigenvalue weighted by molar-refractivity contribution is 6.35. The number of halogens is 1. The maximum atomic E-state index is 11.9. The third-order valence-corrected chi connectivity index (χ3v) is 5.52. The van der Waals surface area contributed by atoms with Crippen molar-refractivity contribution >= 4 is 34.3 Å². The Bertz CT molecular complexity index is 799. The quantitative estimate of drug-likeness (QED) is 0.570. The fourth-order valence-corrected chi connectivity index (χ4v) is 3.88. The number of aromatic nitrogens is 1. The van der Waals surface area contributed by atoms with Crippen molar-refractivity contribution in [2.45, 2.75) is 44.6 Å². The first kappa shape index (κ1) is 19.7. The summed E-state index contributed by atoms with van der Waals surface area (Å²) in [6.07, 6.45) is 7.30. The number of hydrogen-bond acceptors (Lipinski definition) is 3. The first-order valence-corrected chi connectivity index (χ1v) is 9.92. The van der Waals surface area contributed by atoms with Crippen molar-refractivity contribution in [3.05, 3.63) is 35.0 Å². The number of benzene rings is 1. The molecule has 1 saturated carbocycles. The van der Waals surface area contributed by atoms with Gasteiger partial charge in [0.15, 0.2) is 0 Å². The van der Waals surface area contributed by atoms with Crippen LogP contribution in [-0.4, -0.2) is 41.1 Å². The van der Waals surface area contributed by atoms with Gasteiger partial charge in [-0.15, -0.1) is 0 Å². The van der Waals surface area contributed by atoms with Crippen LogP contribution >= 0.6 is 11.6 Å². The molecule has 0 saturated heterocycles. The molecule has 4 N–H and O–H groups in total. The summed E-state index contributed by atoms with van der Waals surface area (Å²) in [6.45, 7) is 0.467. The van der Waals surface area contributed by atoms with E-state index in [9.17, 15) is 14.7 Å². The number of aliphatic hydroxyl groups is 1. The molecule has 3 rings (SSSR count). The molecule has 0 bridgehead atoms. The van der Waals surface area contributed by atoms with Crippen molar-refractivity contribution in [2.24, 2.45) is 5.92 Å². The molecule has 0 radical (unpaired) electrons. The highest BCUT2D eigenvalue weighted by Gasteiger charge is 2.23. The fourth-order valence-electron chi connectivity index (χ4n) is 3.71. The number of carbonyl (C=O) groups is 2. The van der Waals surface area contributed by atoms with E-state index < -0.39 is 17.9 Å². The van der Waals surface area contributed by atoms with Crippen LogP contribution in [0.5, 0.6) is 0 Å². The van der Waals surface area contributed by atoms with Gasteiger partial charge in [-0.1, -0.05) is 30.9 Å². The Kier molecular flexibility index (Phi) is 6.74. The van der Waals surface area contributed by atoms with Gasteiger partial charge in [-0.05, 0) is 48.9 Å². The average Bonchev–Trinajstić information content (AvgIpc) is 3.08. The lowest BCUT2D eigenvalue weighted by Crippen LogP contribution is -2.44. The lowest BCUT2D eigenvalue weighted by Gasteiger charge is -2.26. The molecule has 0 aliphatic heterocycles. The standard InChI is InChI=1S/C20H26ClN3O3/c21-15-6-7-17-16(10-15)14(11-23-17)8-9-22-19(26)20(27)24-12-18(25)13-4-2-1-3-5-13/h6-7,10-11,13,18,23,25H,1-5,8-9,12H2,(H,22,26)(H,24,27)/t18-/m0/s1. The van der Waals surface area contributed by atoms with Gasteiger partial charge in [-0.3, -0.25) is 9.59 Å². The number of aliphatic hydroxyl groups excluding tert-OH is 1. The van der Waals surface area contributed by atoms with Crippen LogP contribution in [0.4, 0.5) is 0 Å². The smallest absolute Gasteiger partial charge is 0.309 e. The fraction of sp³-hybridized carbons (Fsp3) is 0.500. The minimum Gasteiger partial charge on any atom is -0.391 e. The van der Waals surface area contributed by atoms with Crippen LogP contribution in [0.25, 0.3) is 10.9 Å². The van der Waals surface area contributed by atoms with Gasteiger partial charge < -0.3 is 20.7 Å². The molecule has 1 atom stereocenters. The van der Waals surface area contributed by atoms with Gasteiger partial charge >= 0.3 is 11.8 Å². The zero-order valence-corrected chi connectivity index (χ0v) is 16.0. The Hall–Kier alpha value is -2.05. The summed E-state index contributed by atoms with van der Waals surface area (Å²) >= 11 is 6.03. The summed E-state index contributed by atoms with van der Waals surface area (Å²) in [5, 5.41) is 17.0. The number of rotatable bonds is 6. The topological polar surface area (TPSA) is 94.2 Å². The lowest BCUT2D eigenvalue weighted by atomic mass is 9.85. The largest absolute Gasteiger partial charge is 0.391 e. The summed E-state index contributed by atoms with van der Waals surface area (Å²) < 4.78 is 0. The van der Waals surface area contributed by atoms with Crippen LogP contribution < -0.4 is 10.6 Å². The van der Waals surface area contributed by atoms with Gasteiger partial charge in [0.25, 0.3) is 0 Å². The van der Waals surface area contributed by atoms with Crippen LogP contribution in [-0.2, 0) is 16.0 Å². The molecule has 146 valence electrons. The molecular formula is C20H26ClN3O3. The Morgan fingerprint density at radius 3 is 2.70 bits per heavy atom. The second kappa shape index (κ2) is 9.24. The first-order chi connectivity index (χ1) is 13.0. The summed E-state index contributed by atoms with van der Waals surface area (Å²) in [7, 11) is 0. The number of amides is 2. The molecule has 27 heavy (non-hydrogen) atoms. The summed E-state index contributed by atoms with van der Waals surface area (Å²) in [6, 6.07) is 5.60. The van der Waals surface area contributed by atoms with E-state index in [4.69, 9.17) is 11.6 Å². The Labute approximate surface area is 163 Å². The molecule has 1 aliphatic carbocycles. The van der Waals surface area contributed by atoms with Gasteiger partial charge in [-0.25, -0.2) is 0 Å². The SMILES string of the molecule is O=C(NCCc1c[nH]c2ccc(Cl)cc12)C(=O)NC[C@H](O)C1CCCCC1. The number of fused-ring (bicyclic) bond motifs is 1. The Balaban J connectivity index is 1.41. The number of hydrogen-bond donors (Lipinski definition) is 4. The highest BCUT2D eigenvalue weighted by atomic mass is 35.5. The summed E-state index contributed by atoms with van der Waals surface area (Å²) in [4.78, 5) is 27.0. The molecule has 2 amide bonds. The predicted molar refractivity (Wildman–Crippen MR) is 106 cm³/mol. The van der Waals surface area contributed by atoms with Gasteiger partial charge in [0.05, 0.1) is 6.10 Å². The third kappa shape index (κ3) is 5.23. The van der Waals surface area contributed by atoms with Crippen LogP contribution in [0.3, 0.4) is 0 Å². The van der Waals surface area contributed by atoms with Crippen LogP contribution in [0, 0.1) is 5.92 Å². The van der Waals surface area contributed by atoms with Crippen molar-refractivity contribution in [1.82, 2.24) is 15.6 Å². The molecule has 2 aromatic rings. The van der Waals surface area contributed by atoms with E-state index in [2.05, 4.69) is 15.6 Å². The second-order valence-electron chi connectivity index (χ2n) is 7.19. The van der Waals surface area contributed by atoms with E-state index >= 15 is 0 Å². The van der Waals surface area contributed by atoms with Crippen LogP contribution in [0.2, 0.25) is 5.02 Å². The molecule has 7 heteroatoms. The van der Waals surface area contributed by atoms with Crippen molar-refractivity contribution in [3.8, 4) is 0 Å². The zero-order valence-electron chi connectivity index (χ0n) is 15.3. The number of aromatic amines is 1. The number of carbonyl (C=O) groups excluding carboxylic acids is 2. The van der Waals surface area contributed by atoms with Gasteiger partial charge in [0.2, 0.25) is 0 Å². The maximum absolute atomic E-state index is 11.9. The summed E-state index contributed by atoms with van der Waals surface area (Å²) in [5.74, 6) is -1.16. The van der Waals surface area contributed by atoms with E-state index in [1.807, 2.05) is 24.4 Å². The number of H-pyrrole nitrogens is 1. The van der Waals surface area contributed by atoms with Crippen molar-refractivity contribution < 1.29 is 14.7 Å². The normalized spacial score (nSPS) is 16.2. The lowest BCUT2D eigenvalue weighted by molar-refractivity contribution is -0.139. The van der Waals surface area contributed by atoms with Crippen molar-refractivity contribution in [1.29, 1.82) is 0 Å². The molecule has 0 spiro atoms. The maximum Gasteiger partial charge on any atom is 0.309 e. The van der Waals surface area contributed by atoms with Gasteiger partial charge in [-0.2, -0.15) is 0 Å². The van der Waals surface area contributed by atoms with Gasteiger partial charge in [0.1, 0.15) is 0 Å². The summed E-state index contributed by atoms with van der Waals surface area (Å²) in [5.41, 5.74) is 2.01. The molecular weight excluding hydrogens is 366 g/mol. The molecule has 1 aromatic heterocycles. The monoisotopic (exact) mass is 391 g/mol. The molecule has 1 heterocycles. The van der Waals surface area contributed by atoms with E-state index in [1.54, 1.807) is 0 Å². The molecule has 1 aliphatic rings. The van der Waals surface area contributed by atoms with Crippen LogP contribution in [0.15, 0.2) is 24.4 Å². The van der Waals surface area contributed by atoms with E-state index in [-0.39, 0.29) is 12.5 Å². The first-order valence-electron chi connectivity index (χ1n) is 9.54. The van der Waals surface area contributed by atoms with Crippen molar-refractivity contribution in [3.63, 3.8) is 0 Å². The third-order valence-electron chi connectivity index (χ3n) is 5.28. The Morgan fingerprint density at radius 1 is 1.19 bits per heavy atom. The Morgan fingerprint density at radius 2 is 1.93 bits per heavy atom. The van der Waals surface area contributed by atoms with Crippen molar-refractivity contribution in [2.75, 3.05) is 13.1 Å². The minimum absolute atomic E-state index is 0.123. The van der Waals surface area contributed by atoms with E-state index in [0.29, 0.717) is 18.0 Å². The van der Waals surface area contributed by atoms with E-state index in [0.717, 1.165) is 42.1 Å². The number of nitrogens with one attached hydrogen (secondary N) is 3. The van der Waals surface area contributed by atoms with E-state index in [1.165, 1.54) is 6.42 Å². The minimum atomic E-state index is -0.702. The molecule has 1 fully saturated rings. The average molecular weight is 392 g/mol. The molecule has 6 nitrogen and oxygen atoms in total. The van der Waals surface area contributed by atoms with Crippen LogP contribution in [0.1, 0.15) is 37.7 Å². The zero-order chi connectivity index (χ0) is 19.2.